The quantitative estimate of drug-likeness (QED) is 0.849. The molecule has 0 aliphatic heterocycles. The summed E-state index contributed by atoms with van der Waals surface area (Å²) >= 11 is 1.16. The van der Waals surface area contributed by atoms with Crippen molar-refractivity contribution in [2.75, 3.05) is 12.8 Å². The van der Waals surface area contributed by atoms with Crippen LogP contribution in [0.15, 0.2) is 23.6 Å². The second-order valence-corrected chi connectivity index (χ2v) is 4.13. The van der Waals surface area contributed by atoms with Crippen LogP contribution >= 0.6 is 11.3 Å². The summed E-state index contributed by atoms with van der Waals surface area (Å²) in [5, 5.41) is 1.82. The zero-order chi connectivity index (χ0) is 12.4. The topological polar surface area (TPSA) is 65.2 Å². The molecule has 2 aromatic rings. The molecule has 0 saturated heterocycles. The van der Waals surface area contributed by atoms with Crippen LogP contribution in [-0.4, -0.2) is 17.9 Å². The zero-order valence-electron chi connectivity index (χ0n) is 8.94. The van der Waals surface area contributed by atoms with Gasteiger partial charge < -0.3 is 10.5 Å². The third kappa shape index (κ3) is 2.26. The summed E-state index contributed by atoms with van der Waals surface area (Å²) in [6.45, 7) is 0. The van der Waals surface area contributed by atoms with Gasteiger partial charge in [-0.2, -0.15) is 0 Å². The number of thiazole rings is 1. The van der Waals surface area contributed by atoms with Gasteiger partial charge in [0.2, 0.25) is 5.78 Å². The van der Waals surface area contributed by atoms with Crippen LogP contribution < -0.4 is 10.5 Å². The Morgan fingerprint density at radius 3 is 2.88 bits per heavy atom. The molecule has 0 atom stereocenters. The fourth-order valence-corrected chi connectivity index (χ4v) is 1.93. The van der Waals surface area contributed by atoms with Crippen molar-refractivity contribution in [2.45, 2.75) is 0 Å². The lowest BCUT2D eigenvalue weighted by Crippen LogP contribution is -2.05. The first-order chi connectivity index (χ1) is 8.11. The molecule has 0 bridgehead atoms. The van der Waals surface area contributed by atoms with Gasteiger partial charge in [-0.1, -0.05) is 0 Å². The molecule has 4 nitrogen and oxygen atoms in total. The maximum atomic E-state index is 13.1. The number of methoxy groups -OCH3 is 1. The molecule has 1 heterocycles. The molecule has 0 aliphatic rings. The van der Waals surface area contributed by atoms with E-state index in [1.54, 1.807) is 0 Å². The first kappa shape index (κ1) is 11.5. The van der Waals surface area contributed by atoms with Crippen LogP contribution in [0.4, 0.5) is 9.52 Å². The minimum atomic E-state index is -0.502. The van der Waals surface area contributed by atoms with E-state index in [-0.39, 0.29) is 11.3 Å². The molecule has 88 valence electrons. The van der Waals surface area contributed by atoms with Crippen molar-refractivity contribution < 1.29 is 13.9 Å². The van der Waals surface area contributed by atoms with Gasteiger partial charge in [0.15, 0.2) is 5.13 Å². The number of hydrogen-bond donors (Lipinski definition) is 1. The Hall–Kier alpha value is -1.95. The molecular formula is C11H9FN2O2S. The van der Waals surface area contributed by atoms with Gasteiger partial charge in [-0.05, 0) is 18.2 Å². The van der Waals surface area contributed by atoms with Crippen molar-refractivity contribution >= 4 is 22.3 Å². The van der Waals surface area contributed by atoms with Crippen LogP contribution in [0, 0.1) is 5.82 Å². The van der Waals surface area contributed by atoms with Gasteiger partial charge >= 0.3 is 0 Å². The van der Waals surface area contributed by atoms with E-state index in [4.69, 9.17) is 10.5 Å². The standard InChI is InChI=1S/C11H9FN2O2S/c1-16-9-3-2-6(12)4-7(9)10(15)8-5-17-11(13)14-8/h2-5H,1H3,(H2,13,14). The second kappa shape index (κ2) is 4.50. The molecule has 0 radical (unpaired) electrons. The number of anilines is 1. The number of carbonyl (C=O) groups excluding carboxylic acids is 1. The Morgan fingerprint density at radius 2 is 2.29 bits per heavy atom. The third-order valence-electron chi connectivity index (χ3n) is 2.16. The van der Waals surface area contributed by atoms with Gasteiger partial charge in [-0.25, -0.2) is 9.37 Å². The SMILES string of the molecule is COc1ccc(F)cc1C(=O)c1csc(N)n1. The number of nitrogen functional groups attached to an aromatic ring is 1. The largest absolute Gasteiger partial charge is 0.496 e. The van der Waals surface area contributed by atoms with E-state index >= 15 is 0 Å². The monoisotopic (exact) mass is 252 g/mol. The number of halogens is 1. The molecule has 0 amide bonds. The minimum absolute atomic E-state index is 0.137. The van der Waals surface area contributed by atoms with E-state index in [0.29, 0.717) is 10.9 Å². The smallest absolute Gasteiger partial charge is 0.216 e. The first-order valence-electron chi connectivity index (χ1n) is 4.71. The number of aromatic nitrogens is 1. The fourth-order valence-electron chi connectivity index (χ4n) is 1.39. The lowest BCUT2D eigenvalue weighted by molar-refractivity contribution is 0.103. The normalized spacial score (nSPS) is 10.2. The average Bonchev–Trinajstić information content (AvgIpc) is 2.75. The van der Waals surface area contributed by atoms with Gasteiger partial charge in [0.1, 0.15) is 17.3 Å². The van der Waals surface area contributed by atoms with Crippen molar-refractivity contribution in [1.29, 1.82) is 0 Å². The molecule has 0 unspecified atom stereocenters. The lowest BCUT2D eigenvalue weighted by atomic mass is 10.1. The maximum absolute atomic E-state index is 13.1. The van der Waals surface area contributed by atoms with Crippen LogP contribution in [0.3, 0.4) is 0 Å². The first-order valence-corrected chi connectivity index (χ1v) is 5.59. The molecule has 0 saturated carbocycles. The van der Waals surface area contributed by atoms with E-state index in [1.807, 2.05) is 0 Å². The summed E-state index contributed by atoms with van der Waals surface area (Å²) in [5.41, 5.74) is 5.77. The van der Waals surface area contributed by atoms with Crippen LogP contribution in [-0.2, 0) is 0 Å². The molecule has 0 spiro atoms. The number of nitrogens with two attached hydrogens (primary N) is 1. The predicted molar refractivity (Wildman–Crippen MR) is 62.9 cm³/mol. The molecular weight excluding hydrogens is 243 g/mol. The highest BCUT2D eigenvalue weighted by molar-refractivity contribution is 7.13. The summed E-state index contributed by atoms with van der Waals surface area (Å²) in [6.07, 6.45) is 0. The van der Waals surface area contributed by atoms with Gasteiger partial charge in [0.25, 0.3) is 0 Å². The Kier molecular flexibility index (Phi) is 3.06. The van der Waals surface area contributed by atoms with E-state index in [0.717, 1.165) is 17.4 Å². The predicted octanol–water partition coefficient (Wildman–Crippen LogP) is 2.10. The molecule has 0 aliphatic carbocycles. The number of carbonyl (C=O) groups is 1. The average molecular weight is 252 g/mol. The number of hydrogen-bond acceptors (Lipinski definition) is 5. The van der Waals surface area contributed by atoms with E-state index < -0.39 is 11.6 Å². The highest BCUT2D eigenvalue weighted by atomic mass is 32.1. The van der Waals surface area contributed by atoms with Crippen LogP contribution in [0.5, 0.6) is 5.75 Å². The van der Waals surface area contributed by atoms with Crippen LogP contribution in [0.2, 0.25) is 0 Å². The number of ether oxygens (including phenoxy) is 1. The lowest BCUT2D eigenvalue weighted by Gasteiger charge is -2.05. The molecule has 1 aromatic heterocycles. The van der Waals surface area contributed by atoms with E-state index in [1.165, 1.54) is 24.6 Å². The van der Waals surface area contributed by atoms with E-state index in [2.05, 4.69) is 4.98 Å². The molecule has 6 heteroatoms. The minimum Gasteiger partial charge on any atom is -0.496 e. The highest BCUT2D eigenvalue weighted by Gasteiger charge is 2.17. The Balaban J connectivity index is 2.46. The van der Waals surface area contributed by atoms with Crippen molar-refractivity contribution in [3.8, 4) is 5.75 Å². The summed E-state index contributed by atoms with van der Waals surface area (Å²) in [4.78, 5) is 15.9. The molecule has 17 heavy (non-hydrogen) atoms. The van der Waals surface area contributed by atoms with Crippen molar-refractivity contribution in [2.24, 2.45) is 0 Å². The van der Waals surface area contributed by atoms with Crippen molar-refractivity contribution in [3.05, 3.63) is 40.7 Å². The molecule has 2 N–H and O–H groups in total. The third-order valence-corrected chi connectivity index (χ3v) is 2.83. The van der Waals surface area contributed by atoms with Crippen molar-refractivity contribution in [3.63, 3.8) is 0 Å². The highest BCUT2D eigenvalue weighted by Crippen LogP contribution is 2.23. The Bertz CT molecular complexity index is 568. The second-order valence-electron chi connectivity index (χ2n) is 3.24. The number of benzene rings is 1. The molecule has 1 aromatic carbocycles. The summed E-state index contributed by atoms with van der Waals surface area (Å²) < 4.78 is 18.1. The van der Waals surface area contributed by atoms with Gasteiger partial charge in [0.05, 0.1) is 12.7 Å². The Morgan fingerprint density at radius 1 is 1.53 bits per heavy atom. The number of ketones is 1. The summed E-state index contributed by atoms with van der Waals surface area (Å²) in [6, 6.07) is 3.75. The summed E-state index contributed by atoms with van der Waals surface area (Å²) in [5.74, 6) is -0.602. The maximum Gasteiger partial charge on any atom is 0.216 e. The summed E-state index contributed by atoms with van der Waals surface area (Å²) in [7, 11) is 1.42. The van der Waals surface area contributed by atoms with Gasteiger partial charge in [-0.15, -0.1) is 11.3 Å². The van der Waals surface area contributed by atoms with E-state index in [9.17, 15) is 9.18 Å². The number of nitrogens with zero attached hydrogens (tertiary/aromatic N) is 1. The fraction of sp³-hybridized carbons (Fsp3) is 0.0909. The van der Waals surface area contributed by atoms with Gasteiger partial charge in [0, 0.05) is 5.38 Å². The number of rotatable bonds is 3. The molecule has 0 fully saturated rings. The van der Waals surface area contributed by atoms with Gasteiger partial charge in [-0.3, -0.25) is 4.79 Å². The van der Waals surface area contributed by atoms with Crippen LogP contribution in [0.25, 0.3) is 0 Å². The zero-order valence-corrected chi connectivity index (χ0v) is 9.75. The van der Waals surface area contributed by atoms with Crippen molar-refractivity contribution in [1.82, 2.24) is 4.98 Å². The van der Waals surface area contributed by atoms with Crippen LogP contribution in [0.1, 0.15) is 16.1 Å². The Labute approximate surface area is 101 Å². The molecule has 2 rings (SSSR count).